The lowest BCUT2D eigenvalue weighted by molar-refractivity contribution is -0.0196. The molecule has 0 aromatic heterocycles. The van der Waals surface area contributed by atoms with Crippen LogP contribution < -0.4 is 9.47 Å². The Hall–Kier alpha value is -9.34. The van der Waals surface area contributed by atoms with Gasteiger partial charge in [-0.3, -0.25) is 0 Å². The standard InChI is InChI=1S/C44H34O22/c45-15-5-21(47)17-11-31(65-43(61)13-1-23(49)35(55)24(50)2-13)41(63-29(17)7-15)19-9-27(53)37(57)39(59)33(19)34-20(10-28(54)38(58)40(34)60)42-32(12-18-22(48)6-16(46)8-30(18)64-42)66-44(62)14-3-25(51)36(56)26(52)4-14/h1-10,31-32,41-42,45-60H,11-12H2/t31-,32+,41-,42+. The smallest absolute Gasteiger partial charge is 0.338 e. The third kappa shape index (κ3) is 7.32. The minimum Gasteiger partial charge on any atom is -0.508 e. The second kappa shape index (κ2) is 15.8. The molecule has 2 heterocycles. The van der Waals surface area contributed by atoms with Crippen molar-refractivity contribution < 1.29 is 110 Å². The maximum Gasteiger partial charge on any atom is 0.338 e. The molecule has 0 saturated heterocycles. The first kappa shape index (κ1) is 43.3. The monoisotopic (exact) mass is 914 g/mol. The van der Waals surface area contributed by atoms with Gasteiger partial charge in [0, 0.05) is 70.5 Å². The lowest BCUT2D eigenvalue weighted by Gasteiger charge is -2.37. The van der Waals surface area contributed by atoms with Crippen molar-refractivity contribution in [3.05, 3.63) is 94.0 Å². The average molecular weight is 915 g/mol. The van der Waals surface area contributed by atoms with E-state index in [0.29, 0.717) is 0 Å². The van der Waals surface area contributed by atoms with E-state index in [-0.39, 0.29) is 22.6 Å². The van der Waals surface area contributed by atoms with Gasteiger partial charge in [-0.1, -0.05) is 0 Å². The van der Waals surface area contributed by atoms with E-state index in [1.165, 1.54) is 0 Å². The fourth-order valence-corrected chi connectivity index (χ4v) is 7.79. The number of ether oxygens (including phenoxy) is 4. The molecule has 342 valence electrons. The summed E-state index contributed by atoms with van der Waals surface area (Å²) in [7, 11) is 0. The summed E-state index contributed by atoms with van der Waals surface area (Å²) < 4.78 is 23.8. The van der Waals surface area contributed by atoms with Crippen LogP contribution in [0.15, 0.2) is 60.7 Å². The van der Waals surface area contributed by atoms with E-state index in [2.05, 4.69) is 0 Å². The molecular formula is C44H34O22. The van der Waals surface area contributed by atoms with Crippen molar-refractivity contribution in [2.45, 2.75) is 37.3 Å². The van der Waals surface area contributed by atoms with Crippen molar-refractivity contribution in [1.29, 1.82) is 0 Å². The van der Waals surface area contributed by atoms with E-state index in [4.69, 9.17) is 18.9 Å². The second-order valence-electron chi connectivity index (χ2n) is 15.1. The number of hydrogen-bond donors (Lipinski definition) is 16. The largest absolute Gasteiger partial charge is 0.508 e. The van der Waals surface area contributed by atoms with Crippen LogP contribution in [-0.2, 0) is 22.3 Å². The van der Waals surface area contributed by atoms with E-state index >= 15 is 0 Å². The summed E-state index contributed by atoms with van der Waals surface area (Å²) in [6, 6.07) is 8.30. The molecule has 8 rings (SSSR count). The van der Waals surface area contributed by atoms with Gasteiger partial charge in [-0.2, -0.15) is 0 Å². The van der Waals surface area contributed by atoms with Crippen LogP contribution in [0.3, 0.4) is 0 Å². The van der Waals surface area contributed by atoms with Gasteiger partial charge in [0.05, 0.1) is 11.1 Å². The molecular weight excluding hydrogens is 880 g/mol. The molecule has 6 aromatic carbocycles. The highest BCUT2D eigenvalue weighted by Crippen LogP contribution is 2.58. The number of carbonyl (C=O) groups excluding carboxylic acids is 2. The Morgan fingerprint density at radius 3 is 1.05 bits per heavy atom. The molecule has 22 heteroatoms. The maximum absolute atomic E-state index is 13.7. The molecule has 0 radical (unpaired) electrons. The Bertz CT molecular complexity index is 2790. The number of aromatic hydroxyl groups is 16. The first-order valence-corrected chi connectivity index (χ1v) is 19.0. The van der Waals surface area contributed by atoms with Crippen LogP contribution in [0, 0.1) is 0 Å². The number of phenolic OH excluding ortho intramolecular Hbond substituents is 16. The number of esters is 2. The van der Waals surface area contributed by atoms with Gasteiger partial charge in [-0.25, -0.2) is 9.59 Å². The third-order valence-corrected chi connectivity index (χ3v) is 10.9. The lowest BCUT2D eigenvalue weighted by atomic mass is 9.83. The molecule has 0 unspecified atom stereocenters. The summed E-state index contributed by atoms with van der Waals surface area (Å²) >= 11 is 0. The molecule has 4 atom stereocenters. The van der Waals surface area contributed by atoms with E-state index in [9.17, 15) is 91.3 Å². The van der Waals surface area contributed by atoms with Crippen molar-refractivity contribution in [2.24, 2.45) is 0 Å². The van der Waals surface area contributed by atoms with Gasteiger partial charge in [-0.15, -0.1) is 0 Å². The van der Waals surface area contributed by atoms with Crippen LogP contribution in [0.4, 0.5) is 0 Å². The van der Waals surface area contributed by atoms with Crippen LogP contribution >= 0.6 is 0 Å². The van der Waals surface area contributed by atoms with E-state index in [1.807, 2.05) is 0 Å². The normalized spacial score (nSPS) is 17.4. The summed E-state index contributed by atoms with van der Waals surface area (Å²) in [6.45, 7) is 0. The topological polar surface area (TPSA) is 395 Å². The quantitative estimate of drug-likeness (QED) is 0.0777. The average Bonchev–Trinajstić information content (AvgIpc) is 3.25. The number of fused-ring (bicyclic) bond motifs is 2. The molecule has 2 aliphatic heterocycles. The van der Waals surface area contributed by atoms with Crippen LogP contribution in [0.25, 0.3) is 11.1 Å². The van der Waals surface area contributed by atoms with Crippen LogP contribution in [0.2, 0.25) is 0 Å². The number of rotatable bonds is 7. The van der Waals surface area contributed by atoms with Crippen molar-refractivity contribution in [2.75, 3.05) is 0 Å². The summed E-state index contributed by atoms with van der Waals surface area (Å²) in [5.41, 5.74) is -3.93. The number of hydrogen-bond acceptors (Lipinski definition) is 22. The molecule has 6 aromatic rings. The highest BCUT2D eigenvalue weighted by molar-refractivity contribution is 5.93. The Labute approximate surface area is 367 Å². The van der Waals surface area contributed by atoms with Gasteiger partial charge in [0.15, 0.2) is 69.7 Å². The Morgan fingerprint density at radius 1 is 0.394 bits per heavy atom. The molecule has 22 nitrogen and oxygen atoms in total. The van der Waals surface area contributed by atoms with E-state index in [0.717, 1.165) is 60.7 Å². The van der Waals surface area contributed by atoms with Crippen molar-refractivity contribution >= 4 is 11.9 Å². The molecule has 0 spiro atoms. The molecule has 2 aliphatic rings. The molecule has 0 aliphatic carbocycles. The van der Waals surface area contributed by atoms with E-state index < -0.39 is 175 Å². The Morgan fingerprint density at radius 2 is 0.712 bits per heavy atom. The lowest BCUT2D eigenvalue weighted by Crippen LogP contribution is -2.36. The summed E-state index contributed by atoms with van der Waals surface area (Å²) in [6.07, 6.45) is -8.25. The van der Waals surface area contributed by atoms with Gasteiger partial charge >= 0.3 is 11.9 Å². The van der Waals surface area contributed by atoms with Gasteiger partial charge in [0.1, 0.15) is 46.7 Å². The zero-order chi connectivity index (χ0) is 47.8. The van der Waals surface area contributed by atoms with Gasteiger partial charge in [0.2, 0.25) is 11.5 Å². The predicted molar refractivity (Wildman–Crippen MR) is 217 cm³/mol. The van der Waals surface area contributed by atoms with Gasteiger partial charge in [-0.05, 0) is 36.4 Å². The van der Waals surface area contributed by atoms with Crippen molar-refractivity contribution in [1.82, 2.24) is 0 Å². The van der Waals surface area contributed by atoms with Crippen LogP contribution in [0.5, 0.6) is 103 Å². The minimum absolute atomic E-state index is 0.0847. The second-order valence-corrected chi connectivity index (χ2v) is 15.1. The fourth-order valence-electron chi connectivity index (χ4n) is 7.79. The summed E-state index contributed by atoms with van der Waals surface area (Å²) in [5, 5.41) is 170. The van der Waals surface area contributed by atoms with Gasteiger partial charge < -0.3 is 101 Å². The molecule has 0 fully saturated rings. The van der Waals surface area contributed by atoms with Crippen molar-refractivity contribution in [3.63, 3.8) is 0 Å². The first-order valence-electron chi connectivity index (χ1n) is 19.0. The zero-order valence-electron chi connectivity index (χ0n) is 33.1. The Balaban J connectivity index is 1.34. The third-order valence-electron chi connectivity index (χ3n) is 10.9. The number of benzene rings is 6. The van der Waals surface area contributed by atoms with Gasteiger partial charge in [0.25, 0.3) is 0 Å². The molecule has 0 saturated carbocycles. The number of phenols is 16. The highest BCUT2D eigenvalue weighted by Gasteiger charge is 2.44. The SMILES string of the molecule is O=C(O[C@H]1Cc2c(O)cc(O)cc2O[C@H]1c1cc(O)c(O)c(O)c1-c1c([C@H]2Oc3cc(O)cc(O)c3C[C@H]2OC(=O)c2cc(O)c(O)c(O)c2)cc(O)c(O)c1O)c1cc(O)c(O)c(O)c1. The highest BCUT2D eigenvalue weighted by atomic mass is 16.6. The molecule has 0 amide bonds. The van der Waals surface area contributed by atoms with E-state index in [1.54, 1.807) is 0 Å². The maximum atomic E-state index is 13.7. The number of carbonyl (C=O) groups is 2. The van der Waals surface area contributed by atoms with Crippen LogP contribution in [0.1, 0.15) is 55.2 Å². The molecule has 0 bridgehead atoms. The predicted octanol–water partition coefficient (Wildman–Crippen LogP) is 4.45. The summed E-state index contributed by atoms with van der Waals surface area (Å²) in [4.78, 5) is 27.3. The molecule has 66 heavy (non-hydrogen) atoms. The minimum atomic E-state index is -1.87. The van der Waals surface area contributed by atoms with Crippen LogP contribution in [-0.4, -0.2) is 106 Å². The Kier molecular flexibility index (Phi) is 10.4. The fraction of sp³-hybridized carbons (Fsp3) is 0.136. The summed E-state index contributed by atoms with van der Waals surface area (Å²) in [5.74, 6) is -18.5. The molecule has 16 N–H and O–H groups in total. The zero-order valence-corrected chi connectivity index (χ0v) is 33.1. The first-order chi connectivity index (χ1) is 31.1. The van der Waals surface area contributed by atoms with Crippen molar-refractivity contribution in [3.8, 4) is 115 Å².